The number of rotatable bonds is 9. The summed E-state index contributed by atoms with van der Waals surface area (Å²) in [5, 5.41) is 9.12. The predicted molar refractivity (Wildman–Crippen MR) is 115 cm³/mol. The zero-order valence-corrected chi connectivity index (χ0v) is 18.3. The smallest absolute Gasteiger partial charge is 0.306 e. The molecule has 0 aliphatic rings. The molecule has 0 aliphatic heterocycles. The number of nitriles is 1. The lowest BCUT2D eigenvalue weighted by atomic mass is 9.99. The summed E-state index contributed by atoms with van der Waals surface area (Å²) < 4.78 is 10.5. The van der Waals surface area contributed by atoms with Crippen LogP contribution in [-0.2, 0) is 27.3 Å². The van der Waals surface area contributed by atoms with Gasteiger partial charge in [-0.25, -0.2) is 0 Å². The van der Waals surface area contributed by atoms with E-state index in [4.69, 9.17) is 14.7 Å². The number of nitrogens with one attached hydrogen (secondary N) is 1. The molecule has 1 aromatic heterocycles. The number of carbonyl (C=O) groups excluding carboxylic acids is 2. The van der Waals surface area contributed by atoms with Gasteiger partial charge in [-0.1, -0.05) is 12.1 Å². The second kappa shape index (κ2) is 11.0. The Morgan fingerprint density at radius 2 is 1.87 bits per heavy atom. The van der Waals surface area contributed by atoms with E-state index in [0.29, 0.717) is 30.8 Å². The van der Waals surface area contributed by atoms with Crippen molar-refractivity contribution in [2.45, 2.75) is 40.2 Å². The number of pyridine rings is 1. The van der Waals surface area contributed by atoms with Crippen LogP contribution in [0.2, 0.25) is 0 Å². The van der Waals surface area contributed by atoms with Crippen LogP contribution in [0.1, 0.15) is 41.3 Å². The minimum absolute atomic E-state index is 0.0362. The first-order valence-electron chi connectivity index (χ1n) is 10.0. The highest BCUT2D eigenvalue weighted by Crippen LogP contribution is 2.16. The molecule has 0 unspecified atom stereocenters. The molecule has 0 bridgehead atoms. The van der Waals surface area contributed by atoms with Gasteiger partial charge in [-0.2, -0.15) is 5.26 Å². The second-order valence-corrected chi connectivity index (χ2v) is 7.16. The summed E-state index contributed by atoms with van der Waals surface area (Å²) >= 11 is 0. The van der Waals surface area contributed by atoms with E-state index in [2.05, 4.69) is 4.98 Å². The number of nitrogens with zero attached hydrogens (tertiary/aromatic N) is 2. The number of hydrogen-bond acceptors (Lipinski definition) is 6. The number of esters is 1. The van der Waals surface area contributed by atoms with Gasteiger partial charge < -0.3 is 19.4 Å². The molecule has 0 fully saturated rings. The summed E-state index contributed by atoms with van der Waals surface area (Å²) in [6.45, 7) is 5.93. The van der Waals surface area contributed by atoms with Gasteiger partial charge in [0.1, 0.15) is 17.4 Å². The number of H-pyrrole nitrogens is 1. The number of carbonyl (C=O) groups is 2. The number of benzene rings is 1. The van der Waals surface area contributed by atoms with Crippen LogP contribution < -0.4 is 10.3 Å². The molecule has 8 nitrogen and oxygen atoms in total. The summed E-state index contributed by atoms with van der Waals surface area (Å²) in [5.74, 6) is -0.0688. The van der Waals surface area contributed by atoms with Crippen molar-refractivity contribution in [3.8, 4) is 11.8 Å². The van der Waals surface area contributed by atoms with Gasteiger partial charge in [-0.3, -0.25) is 14.4 Å². The van der Waals surface area contributed by atoms with Gasteiger partial charge in [0.15, 0.2) is 6.61 Å². The molecule has 0 aliphatic carbocycles. The number of amides is 1. The summed E-state index contributed by atoms with van der Waals surface area (Å²) in [6.07, 6.45) is 0.340. The van der Waals surface area contributed by atoms with Crippen LogP contribution in [0.25, 0.3) is 0 Å². The molecular weight excluding hydrogens is 398 g/mol. The van der Waals surface area contributed by atoms with Crippen molar-refractivity contribution in [1.82, 2.24) is 9.88 Å². The number of aromatic amines is 1. The lowest BCUT2D eigenvalue weighted by Crippen LogP contribution is -2.30. The molecule has 0 spiro atoms. The number of ether oxygens (including phenoxy) is 2. The highest BCUT2D eigenvalue weighted by atomic mass is 16.5. The van der Waals surface area contributed by atoms with Crippen molar-refractivity contribution in [3.05, 3.63) is 62.6 Å². The molecule has 1 aromatic carbocycles. The minimum atomic E-state index is -0.522. The molecule has 8 heteroatoms. The fraction of sp³-hybridized carbons (Fsp3) is 0.391. The number of aryl methyl sites for hydroxylation is 1. The summed E-state index contributed by atoms with van der Waals surface area (Å²) in [6, 6.07) is 9.33. The van der Waals surface area contributed by atoms with E-state index in [9.17, 15) is 14.4 Å². The van der Waals surface area contributed by atoms with Crippen molar-refractivity contribution in [2.75, 3.05) is 20.3 Å². The van der Waals surface area contributed by atoms with Crippen LogP contribution in [0.5, 0.6) is 5.75 Å². The maximum Gasteiger partial charge on any atom is 0.306 e. The van der Waals surface area contributed by atoms with Crippen LogP contribution in [0.15, 0.2) is 29.1 Å². The van der Waals surface area contributed by atoms with Crippen LogP contribution in [-0.4, -0.2) is 42.0 Å². The van der Waals surface area contributed by atoms with Gasteiger partial charge >= 0.3 is 5.97 Å². The number of hydrogen-bond donors (Lipinski definition) is 1. The van der Waals surface area contributed by atoms with Crippen molar-refractivity contribution in [3.63, 3.8) is 0 Å². The molecular formula is C23H27N3O5. The monoisotopic (exact) mass is 425 g/mol. The largest absolute Gasteiger partial charge is 0.494 e. The van der Waals surface area contributed by atoms with E-state index in [1.807, 2.05) is 37.3 Å². The van der Waals surface area contributed by atoms with Crippen LogP contribution in [0.3, 0.4) is 0 Å². The topological polar surface area (TPSA) is 112 Å². The highest BCUT2D eigenvalue weighted by Gasteiger charge is 2.16. The van der Waals surface area contributed by atoms with E-state index >= 15 is 0 Å². The van der Waals surface area contributed by atoms with Gasteiger partial charge in [0, 0.05) is 25.7 Å². The summed E-state index contributed by atoms with van der Waals surface area (Å²) in [7, 11) is 1.64. The molecule has 0 saturated carbocycles. The Kier molecular flexibility index (Phi) is 8.38. The first kappa shape index (κ1) is 23.7. The van der Waals surface area contributed by atoms with Crippen LogP contribution in [0.4, 0.5) is 0 Å². The molecule has 164 valence electrons. The minimum Gasteiger partial charge on any atom is -0.494 e. The Hall–Kier alpha value is -3.60. The van der Waals surface area contributed by atoms with Crippen molar-refractivity contribution < 1.29 is 19.1 Å². The number of likely N-dealkylation sites (N-methyl/N-ethyl adjacent to an activating group) is 1. The first-order chi connectivity index (χ1) is 14.8. The Labute approximate surface area is 181 Å². The van der Waals surface area contributed by atoms with E-state index < -0.39 is 11.5 Å². The lowest BCUT2D eigenvalue weighted by Gasteiger charge is -2.17. The number of aromatic nitrogens is 1. The predicted octanol–water partition coefficient (Wildman–Crippen LogP) is 2.40. The molecule has 0 saturated heterocycles. The van der Waals surface area contributed by atoms with Gasteiger partial charge in [-0.05, 0) is 56.0 Å². The van der Waals surface area contributed by atoms with Gasteiger partial charge in [0.2, 0.25) is 0 Å². The Balaban J connectivity index is 1.85. The molecule has 2 aromatic rings. The maximum atomic E-state index is 12.3. The summed E-state index contributed by atoms with van der Waals surface area (Å²) in [5.41, 5.74) is 2.43. The summed E-state index contributed by atoms with van der Waals surface area (Å²) in [4.78, 5) is 40.3. The highest BCUT2D eigenvalue weighted by molar-refractivity contribution is 5.80. The van der Waals surface area contributed by atoms with Gasteiger partial charge in [0.05, 0.1) is 6.61 Å². The second-order valence-electron chi connectivity index (χ2n) is 7.16. The fourth-order valence-corrected chi connectivity index (χ4v) is 3.19. The third-order valence-electron chi connectivity index (χ3n) is 4.94. The Bertz CT molecular complexity index is 1030. The van der Waals surface area contributed by atoms with Gasteiger partial charge in [0.25, 0.3) is 11.5 Å². The average molecular weight is 425 g/mol. The molecule has 0 atom stereocenters. The van der Waals surface area contributed by atoms with Crippen molar-refractivity contribution in [2.24, 2.45) is 0 Å². The average Bonchev–Trinajstić information content (AvgIpc) is 2.73. The maximum absolute atomic E-state index is 12.3. The van der Waals surface area contributed by atoms with E-state index in [1.165, 1.54) is 4.90 Å². The SMILES string of the molecule is CCOc1ccc(CN(C)C(=O)COC(=O)CCc2c(C)[nH]c(=O)c(C#N)c2C)cc1. The van der Waals surface area contributed by atoms with Crippen LogP contribution >= 0.6 is 0 Å². The zero-order valence-electron chi connectivity index (χ0n) is 18.3. The fourth-order valence-electron chi connectivity index (χ4n) is 3.19. The van der Waals surface area contributed by atoms with Crippen molar-refractivity contribution in [1.29, 1.82) is 5.26 Å². The molecule has 2 rings (SSSR count). The Morgan fingerprint density at radius 1 is 1.19 bits per heavy atom. The normalized spacial score (nSPS) is 10.3. The molecule has 31 heavy (non-hydrogen) atoms. The zero-order chi connectivity index (χ0) is 23.0. The third kappa shape index (κ3) is 6.44. The third-order valence-corrected chi connectivity index (χ3v) is 4.94. The van der Waals surface area contributed by atoms with E-state index in [1.54, 1.807) is 20.9 Å². The molecule has 0 radical (unpaired) electrons. The first-order valence-corrected chi connectivity index (χ1v) is 10.0. The lowest BCUT2D eigenvalue weighted by molar-refractivity contribution is -0.151. The van der Waals surface area contributed by atoms with E-state index in [0.717, 1.165) is 16.9 Å². The molecule has 1 heterocycles. The quantitative estimate of drug-likeness (QED) is 0.618. The van der Waals surface area contributed by atoms with E-state index in [-0.39, 0.29) is 24.5 Å². The molecule has 1 N–H and O–H groups in total. The Morgan fingerprint density at radius 3 is 2.48 bits per heavy atom. The van der Waals surface area contributed by atoms with Crippen LogP contribution in [0, 0.1) is 25.2 Å². The van der Waals surface area contributed by atoms with Gasteiger partial charge in [-0.15, -0.1) is 0 Å². The molecule has 1 amide bonds. The van der Waals surface area contributed by atoms with Crippen molar-refractivity contribution >= 4 is 11.9 Å². The standard InChI is InChI=1S/C23H27N3O5/c1-5-30-18-8-6-17(7-9-18)13-26(4)21(27)14-31-22(28)11-10-19-15(2)20(12-24)23(29)25-16(19)3/h6-9H,5,10-11,13-14H2,1-4H3,(H,25,29).